The molecule has 23 heavy (non-hydrogen) atoms. The van der Waals surface area contributed by atoms with E-state index in [0.29, 0.717) is 12.0 Å². The summed E-state index contributed by atoms with van der Waals surface area (Å²) in [6.07, 6.45) is 3.40. The van der Waals surface area contributed by atoms with E-state index in [9.17, 15) is 0 Å². The molecule has 122 valence electrons. The lowest BCUT2D eigenvalue weighted by Gasteiger charge is -2.32. The van der Waals surface area contributed by atoms with Crippen molar-refractivity contribution in [3.63, 3.8) is 0 Å². The Morgan fingerprint density at radius 2 is 1.91 bits per heavy atom. The molecule has 0 atom stereocenters. The molecule has 5 heteroatoms. The number of likely N-dealkylation sites (tertiary alicyclic amines) is 1. The van der Waals surface area contributed by atoms with E-state index >= 15 is 0 Å². The first kappa shape index (κ1) is 15.7. The second kappa shape index (κ2) is 7.42. The molecule has 1 fully saturated rings. The minimum absolute atomic E-state index is 0.341. The number of aromatic nitrogens is 2. The van der Waals surface area contributed by atoms with Crippen LogP contribution in [0.5, 0.6) is 0 Å². The van der Waals surface area contributed by atoms with Gasteiger partial charge in [0.05, 0.1) is 0 Å². The van der Waals surface area contributed by atoms with Crippen molar-refractivity contribution in [3.05, 3.63) is 47.7 Å². The van der Waals surface area contributed by atoms with Crippen LogP contribution in [-0.4, -0.2) is 40.5 Å². The van der Waals surface area contributed by atoms with Gasteiger partial charge in [-0.25, -0.2) is 4.98 Å². The number of benzene rings is 1. The molecule has 0 bridgehead atoms. The SMILES string of the molecule is Cc1cc(NC2CCN(CCc3ccccc3)CC2)nc(N)n1. The van der Waals surface area contributed by atoms with Gasteiger partial charge in [0.1, 0.15) is 5.82 Å². The second-order valence-corrected chi connectivity index (χ2v) is 6.25. The van der Waals surface area contributed by atoms with Gasteiger partial charge < -0.3 is 16.0 Å². The fourth-order valence-corrected chi connectivity index (χ4v) is 3.11. The fraction of sp³-hybridized carbons (Fsp3) is 0.444. The number of nitrogens with one attached hydrogen (secondary N) is 1. The van der Waals surface area contributed by atoms with Gasteiger partial charge in [-0.3, -0.25) is 0 Å². The fourth-order valence-electron chi connectivity index (χ4n) is 3.11. The molecule has 0 unspecified atom stereocenters. The molecule has 0 spiro atoms. The molecular weight excluding hydrogens is 286 g/mol. The molecule has 0 radical (unpaired) electrons. The number of rotatable bonds is 5. The van der Waals surface area contributed by atoms with E-state index < -0.39 is 0 Å². The lowest BCUT2D eigenvalue weighted by molar-refractivity contribution is 0.221. The lowest BCUT2D eigenvalue weighted by Crippen LogP contribution is -2.40. The van der Waals surface area contributed by atoms with E-state index in [-0.39, 0.29) is 0 Å². The molecular formula is C18H25N5. The maximum Gasteiger partial charge on any atom is 0.222 e. The summed E-state index contributed by atoms with van der Waals surface area (Å²) in [7, 11) is 0. The van der Waals surface area contributed by atoms with Crippen molar-refractivity contribution in [2.24, 2.45) is 0 Å². The first-order chi connectivity index (χ1) is 11.2. The molecule has 2 heterocycles. The summed E-state index contributed by atoms with van der Waals surface area (Å²) in [6.45, 7) is 5.33. The summed E-state index contributed by atoms with van der Waals surface area (Å²) in [6, 6.07) is 13.1. The van der Waals surface area contributed by atoms with Crippen LogP contribution in [0.25, 0.3) is 0 Å². The highest BCUT2D eigenvalue weighted by molar-refractivity contribution is 5.41. The van der Waals surface area contributed by atoms with Gasteiger partial charge in [0, 0.05) is 37.4 Å². The van der Waals surface area contributed by atoms with E-state index in [0.717, 1.165) is 50.4 Å². The van der Waals surface area contributed by atoms with Gasteiger partial charge in [0.15, 0.2) is 0 Å². The third kappa shape index (κ3) is 4.66. The van der Waals surface area contributed by atoms with Crippen molar-refractivity contribution in [3.8, 4) is 0 Å². The Balaban J connectivity index is 1.45. The molecule has 2 aromatic rings. The van der Waals surface area contributed by atoms with Gasteiger partial charge in [0.25, 0.3) is 0 Å². The maximum absolute atomic E-state index is 5.71. The third-order valence-electron chi connectivity index (χ3n) is 4.37. The first-order valence-electron chi connectivity index (χ1n) is 8.33. The number of anilines is 2. The lowest BCUT2D eigenvalue weighted by atomic mass is 10.0. The van der Waals surface area contributed by atoms with E-state index in [4.69, 9.17) is 5.73 Å². The molecule has 1 aromatic carbocycles. The summed E-state index contributed by atoms with van der Waals surface area (Å²) >= 11 is 0. The van der Waals surface area contributed by atoms with Gasteiger partial charge in [-0.15, -0.1) is 0 Å². The average molecular weight is 311 g/mol. The third-order valence-corrected chi connectivity index (χ3v) is 4.37. The van der Waals surface area contributed by atoms with Crippen molar-refractivity contribution in [1.29, 1.82) is 0 Å². The highest BCUT2D eigenvalue weighted by Crippen LogP contribution is 2.16. The number of hydrogen-bond acceptors (Lipinski definition) is 5. The minimum atomic E-state index is 0.341. The predicted octanol–water partition coefficient (Wildman–Crippen LogP) is 2.49. The second-order valence-electron chi connectivity index (χ2n) is 6.25. The number of nitrogens with zero attached hydrogens (tertiary/aromatic N) is 3. The summed E-state index contributed by atoms with van der Waals surface area (Å²) < 4.78 is 0. The van der Waals surface area contributed by atoms with E-state index in [2.05, 4.69) is 50.5 Å². The van der Waals surface area contributed by atoms with Crippen LogP contribution in [0, 0.1) is 6.92 Å². The number of hydrogen-bond donors (Lipinski definition) is 2. The summed E-state index contributed by atoms with van der Waals surface area (Å²) in [5.41, 5.74) is 8.03. The Labute approximate surface area is 137 Å². The first-order valence-corrected chi connectivity index (χ1v) is 8.33. The zero-order valence-corrected chi connectivity index (χ0v) is 13.7. The van der Waals surface area contributed by atoms with E-state index in [1.807, 2.05) is 13.0 Å². The summed E-state index contributed by atoms with van der Waals surface area (Å²) in [5, 5.41) is 3.50. The van der Waals surface area contributed by atoms with Crippen molar-refractivity contribution in [2.75, 3.05) is 30.7 Å². The zero-order valence-electron chi connectivity index (χ0n) is 13.7. The Hall–Kier alpha value is -2.14. The van der Waals surface area contributed by atoms with Crippen LogP contribution in [-0.2, 0) is 6.42 Å². The molecule has 3 rings (SSSR count). The topological polar surface area (TPSA) is 67.1 Å². The number of nitrogens with two attached hydrogens (primary N) is 1. The van der Waals surface area contributed by atoms with Crippen LogP contribution >= 0.6 is 0 Å². The largest absolute Gasteiger partial charge is 0.368 e. The van der Waals surface area contributed by atoms with E-state index in [1.54, 1.807) is 0 Å². The van der Waals surface area contributed by atoms with E-state index in [1.165, 1.54) is 5.56 Å². The zero-order chi connectivity index (χ0) is 16.1. The smallest absolute Gasteiger partial charge is 0.222 e. The standard InChI is InChI=1S/C18H25N5/c1-14-13-17(22-18(19)20-14)21-16-8-11-23(12-9-16)10-7-15-5-3-2-4-6-15/h2-6,13,16H,7-12H2,1H3,(H3,19,20,21,22). The van der Waals surface area contributed by atoms with Crippen molar-refractivity contribution >= 4 is 11.8 Å². The molecule has 1 aliphatic heterocycles. The molecule has 0 amide bonds. The predicted molar refractivity (Wildman–Crippen MR) is 94.4 cm³/mol. The van der Waals surface area contributed by atoms with Crippen LogP contribution < -0.4 is 11.1 Å². The molecule has 0 aliphatic carbocycles. The Bertz CT molecular complexity index is 600. The Kier molecular flexibility index (Phi) is 5.08. The normalized spacial score (nSPS) is 16.4. The minimum Gasteiger partial charge on any atom is -0.368 e. The van der Waals surface area contributed by atoms with Crippen LogP contribution in [0.3, 0.4) is 0 Å². The average Bonchev–Trinajstić information content (AvgIpc) is 2.54. The number of nitrogen functional groups attached to an aromatic ring is 1. The van der Waals surface area contributed by atoms with Crippen LogP contribution in [0.1, 0.15) is 24.1 Å². The van der Waals surface area contributed by atoms with Crippen LogP contribution in [0.15, 0.2) is 36.4 Å². The monoisotopic (exact) mass is 311 g/mol. The van der Waals surface area contributed by atoms with Gasteiger partial charge in [-0.1, -0.05) is 30.3 Å². The molecule has 5 nitrogen and oxygen atoms in total. The van der Waals surface area contributed by atoms with Gasteiger partial charge in [-0.2, -0.15) is 4.98 Å². The molecule has 1 aliphatic rings. The highest BCUT2D eigenvalue weighted by atomic mass is 15.2. The van der Waals surface area contributed by atoms with Crippen LogP contribution in [0.4, 0.5) is 11.8 Å². The highest BCUT2D eigenvalue weighted by Gasteiger charge is 2.19. The summed E-state index contributed by atoms with van der Waals surface area (Å²) in [5.74, 6) is 1.19. The van der Waals surface area contributed by atoms with Gasteiger partial charge >= 0.3 is 0 Å². The van der Waals surface area contributed by atoms with Gasteiger partial charge in [-0.05, 0) is 31.7 Å². The molecule has 0 saturated carbocycles. The van der Waals surface area contributed by atoms with Crippen molar-refractivity contribution in [1.82, 2.24) is 14.9 Å². The molecule has 1 saturated heterocycles. The molecule has 1 aromatic heterocycles. The van der Waals surface area contributed by atoms with Crippen molar-refractivity contribution < 1.29 is 0 Å². The van der Waals surface area contributed by atoms with Crippen molar-refractivity contribution in [2.45, 2.75) is 32.2 Å². The number of aryl methyl sites for hydroxylation is 1. The quantitative estimate of drug-likeness (QED) is 0.888. The molecule has 3 N–H and O–H groups in total. The van der Waals surface area contributed by atoms with Crippen LogP contribution in [0.2, 0.25) is 0 Å². The summed E-state index contributed by atoms with van der Waals surface area (Å²) in [4.78, 5) is 10.9. The maximum atomic E-state index is 5.71. The Morgan fingerprint density at radius 1 is 1.17 bits per heavy atom. The van der Waals surface area contributed by atoms with Gasteiger partial charge in [0.2, 0.25) is 5.95 Å². The number of piperidine rings is 1. The Morgan fingerprint density at radius 3 is 2.61 bits per heavy atom.